The minimum Gasteiger partial charge on any atom is -0.490 e. The molecular formula is C15H25NO3. The van der Waals surface area contributed by atoms with Gasteiger partial charge in [-0.1, -0.05) is 13.0 Å². The fourth-order valence-electron chi connectivity index (χ4n) is 1.81. The Hall–Kier alpha value is -1.26. The third-order valence-electron chi connectivity index (χ3n) is 2.92. The van der Waals surface area contributed by atoms with E-state index in [-0.39, 0.29) is 12.6 Å². The Bertz CT molecular complexity index is 364. The maximum atomic E-state index is 9.15. The van der Waals surface area contributed by atoms with Crippen LogP contribution in [0.15, 0.2) is 18.2 Å². The Labute approximate surface area is 115 Å². The van der Waals surface area contributed by atoms with Gasteiger partial charge in [0.05, 0.1) is 19.8 Å². The lowest BCUT2D eigenvalue weighted by atomic mass is 10.1. The van der Waals surface area contributed by atoms with Gasteiger partial charge in [-0.15, -0.1) is 0 Å². The molecule has 0 unspecified atom stereocenters. The molecule has 4 heteroatoms. The molecule has 0 saturated carbocycles. The first kappa shape index (κ1) is 15.8. The molecule has 0 amide bonds. The second-order valence-corrected chi connectivity index (χ2v) is 4.32. The topological polar surface area (TPSA) is 50.7 Å². The van der Waals surface area contributed by atoms with Gasteiger partial charge in [-0.05, 0) is 38.0 Å². The van der Waals surface area contributed by atoms with Crippen LogP contribution in [0, 0.1) is 0 Å². The van der Waals surface area contributed by atoms with Crippen molar-refractivity contribution in [1.29, 1.82) is 0 Å². The third-order valence-corrected chi connectivity index (χ3v) is 2.92. The quantitative estimate of drug-likeness (QED) is 0.721. The first-order chi connectivity index (χ1) is 9.24. The van der Waals surface area contributed by atoms with Crippen LogP contribution in [0.3, 0.4) is 0 Å². The summed E-state index contributed by atoms with van der Waals surface area (Å²) in [6, 6.07) is 6.09. The zero-order valence-electron chi connectivity index (χ0n) is 12.1. The van der Waals surface area contributed by atoms with Crippen molar-refractivity contribution in [2.75, 3.05) is 19.8 Å². The Morgan fingerprint density at radius 2 is 1.79 bits per heavy atom. The van der Waals surface area contributed by atoms with Crippen LogP contribution in [0.2, 0.25) is 0 Å². The number of aliphatic hydroxyl groups excluding tert-OH is 1. The fourth-order valence-corrected chi connectivity index (χ4v) is 1.81. The molecule has 108 valence electrons. The molecular weight excluding hydrogens is 242 g/mol. The average Bonchev–Trinajstić information content (AvgIpc) is 2.43. The van der Waals surface area contributed by atoms with Gasteiger partial charge in [-0.3, -0.25) is 0 Å². The molecule has 2 N–H and O–H groups in total. The molecule has 1 rings (SSSR count). The SMILES string of the molecule is CCOc1ccc(CN[C@@H](CC)CO)cc1OCC. The van der Waals surface area contributed by atoms with Crippen LogP contribution in [0.4, 0.5) is 0 Å². The van der Waals surface area contributed by atoms with Crippen molar-refractivity contribution in [3.05, 3.63) is 23.8 Å². The second kappa shape index (κ2) is 8.77. The highest BCUT2D eigenvalue weighted by molar-refractivity contribution is 5.43. The van der Waals surface area contributed by atoms with Gasteiger partial charge in [0.25, 0.3) is 0 Å². The number of hydrogen-bond acceptors (Lipinski definition) is 4. The largest absolute Gasteiger partial charge is 0.490 e. The number of nitrogens with one attached hydrogen (secondary N) is 1. The number of hydrogen-bond donors (Lipinski definition) is 2. The Morgan fingerprint density at radius 1 is 1.11 bits per heavy atom. The van der Waals surface area contributed by atoms with Crippen molar-refractivity contribution in [2.45, 2.75) is 39.8 Å². The van der Waals surface area contributed by atoms with Gasteiger partial charge in [0.2, 0.25) is 0 Å². The van der Waals surface area contributed by atoms with E-state index >= 15 is 0 Å². The number of rotatable bonds is 9. The molecule has 1 aromatic rings. The Balaban J connectivity index is 2.71. The lowest BCUT2D eigenvalue weighted by Crippen LogP contribution is -2.31. The molecule has 0 fully saturated rings. The van der Waals surface area contributed by atoms with Crippen LogP contribution in [0.25, 0.3) is 0 Å². The summed E-state index contributed by atoms with van der Waals surface area (Å²) in [5, 5.41) is 12.5. The normalized spacial score (nSPS) is 12.2. The van der Waals surface area contributed by atoms with E-state index in [2.05, 4.69) is 12.2 Å². The summed E-state index contributed by atoms with van der Waals surface area (Å²) in [7, 11) is 0. The predicted octanol–water partition coefficient (Wildman–Crippen LogP) is 2.34. The molecule has 0 aliphatic heterocycles. The summed E-state index contributed by atoms with van der Waals surface area (Å²) in [5.74, 6) is 1.56. The summed E-state index contributed by atoms with van der Waals surface area (Å²) >= 11 is 0. The van der Waals surface area contributed by atoms with Crippen LogP contribution in [0.1, 0.15) is 32.8 Å². The molecule has 0 heterocycles. The molecule has 1 atom stereocenters. The summed E-state index contributed by atoms with van der Waals surface area (Å²) in [6.45, 7) is 8.08. The van der Waals surface area contributed by atoms with Crippen molar-refractivity contribution in [2.24, 2.45) is 0 Å². The third kappa shape index (κ3) is 5.09. The minimum absolute atomic E-state index is 0.141. The Kier molecular flexibility index (Phi) is 7.30. The van der Waals surface area contributed by atoms with Gasteiger partial charge >= 0.3 is 0 Å². The van der Waals surface area contributed by atoms with Crippen LogP contribution in [-0.2, 0) is 6.54 Å². The smallest absolute Gasteiger partial charge is 0.161 e. The van der Waals surface area contributed by atoms with E-state index in [9.17, 15) is 0 Å². The Morgan fingerprint density at radius 3 is 2.37 bits per heavy atom. The maximum Gasteiger partial charge on any atom is 0.161 e. The van der Waals surface area contributed by atoms with E-state index < -0.39 is 0 Å². The molecule has 0 spiro atoms. The van der Waals surface area contributed by atoms with Gasteiger partial charge in [0, 0.05) is 12.6 Å². The number of benzene rings is 1. The number of aliphatic hydroxyl groups is 1. The van der Waals surface area contributed by atoms with Crippen molar-refractivity contribution in [1.82, 2.24) is 5.32 Å². The first-order valence-electron chi connectivity index (χ1n) is 6.97. The van der Waals surface area contributed by atoms with E-state index in [0.29, 0.717) is 19.8 Å². The molecule has 19 heavy (non-hydrogen) atoms. The summed E-state index contributed by atoms with van der Waals surface area (Å²) in [5.41, 5.74) is 1.12. The van der Waals surface area contributed by atoms with E-state index in [1.165, 1.54) is 0 Å². The molecule has 4 nitrogen and oxygen atoms in total. The second-order valence-electron chi connectivity index (χ2n) is 4.32. The van der Waals surface area contributed by atoms with Crippen molar-refractivity contribution in [3.8, 4) is 11.5 Å². The average molecular weight is 267 g/mol. The highest BCUT2D eigenvalue weighted by atomic mass is 16.5. The summed E-state index contributed by atoms with van der Waals surface area (Å²) < 4.78 is 11.1. The molecule has 0 aromatic heterocycles. The zero-order valence-corrected chi connectivity index (χ0v) is 12.1. The van der Waals surface area contributed by atoms with Gasteiger partial charge < -0.3 is 19.9 Å². The van der Waals surface area contributed by atoms with E-state index in [4.69, 9.17) is 14.6 Å². The van der Waals surface area contributed by atoms with Crippen molar-refractivity contribution >= 4 is 0 Å². The van der Waals surface area contributed by atoms with Gasteiger partial charge in [-0.25, -0.2) is 0 Å². The van der Waals surface area contributed by atoms with Crippen molar-refractivity contribution in [3.63, 3.8) is 0 Å². The van der Waals surface area contributed by atoms with E-state index in [1.54, 1.807) is 0 Å². The monoisotopic (exact) mass is 267 g/mol. The van der Waals surface area contributed by atoms with Gasteiger partial charge in [-0.2, -0.15) is 0 Å². The highest BCUT2D eigenvalue weighted by Gasteiger charge is 2.08. The number of ether oxygens (including phenoxy) is 2. The first-order valence-corrected chi connectivity index (χ1v) is 6.97. The lowest BCUT2D eigenvalue weighted by Gasteiger charge is -2.16. The molecule has 0 saturated heterocycles. The fraction of sp³-hybridized carbons (Fsp3) is 0.600. The summed E-state index contributed by atoms with van der Waals surface area (Å²) in [6.07, 6.45) is 0.909. The van der Waals surface area contributed by atoms with E-state index in [1.807, 2.05) is 32.0 Å². The maximum absolute atomic E-state index is 9.15. The van der Waals surface area contributed by atoms with Crippen LogP contribution in [0.5, 0.6) is 11.5 Å². The molecule has 0 aliphatic carbocycles. The van der Waals surface area contributed by atoms with Gasteiger partial charge in [0.15, 0.2) is 11.5 Å². The standard InChI is InChI=1S/C15H25NO3/c1-4-13(11-17)16-10-12-7-8-14(18-5-2)15(9-12)19-6-3/h7-9,13,16-17H,4-6,10-11H2,1-3H3/t13-/m0/s1. The van der Waals surface area contributed by atoms with Crippen LogP contribution >= 0.6 is 0 Å². The molecule has 0 radical (unpaired) electrons. The van der Waals surface area contributed by atoms with Crippen molar-refractivity contribution < 1.29 is 14.6 Å². The van der Waals surface area contributed by atoms with Crippen LogP contribution in [-0.4, -0.2) is 31.0 Å². The highest BCUT2D eigenvalue weighted by Crippen LogP contribution is 2.28. The minimum atomic E-state index is 0.141. The lowest BCUT2D eigenvalue weighted by molar-refractivity contribution is 0.238. The van der Waals surface area contributed by atoms with E-state index in [0.717, 1.165) is 23.5 Å². The molecule has 1 aromatic carbocycles. The predicted molar refractivity (Wildman–Crippen MR) is 76.8 cm³/mol. The zero-order chi connectivity index (χ0) is 14.1. The van der Waals surface area contributed by atoms with Gasteiger partial charge in [0.1, 0.15) is 0 Å². The molecule has 0 aliphatic rings. The van der Waals surface area contributed by atoms with Crippen LogP contribution < -0.4 is 14.8 Å². The summed E-state index contributed by atoms with van der Waals surface area (Å²) in [4.78, 5) is 0. The molecule has 0 bridgehead atoms.